The molecular formula is C13H22Cl2N4S. The fraction of sp³-hybridized carbons (Fsp3) is 0.615. The number of hydrogen-bond acceptors (Lipinski definition) is 2. The highest BCUT2D eigenvalue weighted by molar-refractivity contribution is 7.98. The molecule has 1 aromatic rings. The highest BCUT2D eigenvalue weighted by Gasteiger charge is 2.09. The van der Waals surface area contributed by atoms with E-state index in [0.29, 0.717) is 16.7 Å². The van der Waals surface area contributed by atoms with E-state index in [4.69, 9.17) is 23.2 Å². The van der Waals surface area contributed by atoms with Gasteiger partial charge >= 0.3 is 0 Å². The summed E-state index contributed by atoms with van der Waals surface area (Å²) in [5.74, 6) is 2.00. The van der Waals surface area contributed by atoms with Crippen LogP contribution in [0.5, 0.6) is 0 Å². The van der Waals surface area contributed by atoms with E-state index in [2.05, 4.69) is 21.9 Å². The van der Waals surface area contributed by atoms with Crippen molar-refractivity contribution in [1.82, 2.24) is 15.2 Å². The molecule has 0 amide bonds. The van der Waals surface area contributed by atoms with Crippen LogP contribution in [0.1, 0.15) is 18.5 Å². The summed E-state index contributed by atoms with van der Waals surface area (Å²) in [4.78, 5) is 4.19. The first-order valence-corrected chi connectivity index (χ1v) is 8.68. The molecule has 0 saturated carbocycles. The molecule has 0 atom stereocenters. The molecule has 7 heteroatoms. The number of halogens is 2. The molecule has 0 aliphatic carbocycles. The summed E-state index contributed by atoms with van der Waals surface area (Å²) in [7, 11) is 3.66. The van der Waals surface area contributed by atoms with E-state index in [0.717, 1.165) is 24.6 Å². The second-order valence-corrected chi connectivity index (χ2v) is 6.14. The van der Waals surface area contributed by atoms with Crippen molar-refractivity contribution >= 4 is 40.9 Å². The zero-order valence-electron chi connectivity index (χ0n) is 12.2. The molecule has 0 saturated heterocycles. The lowest BCUT2D eigenvalue weighted by molar-refractivity contribution is 0.717. The van der Waals surface area contributed by atoms with Crippen molar-refractivity contribution in [2.45, 2.75) is 19.4 Å². The molecule has 0 spiro atoms. The van der Waals surface area contributed by atoms with E-state index in [1.54, 1.807) is 7.05 Å². The van der Waals surface area contributed by atoms with E-state index in [9.17, 15) is 0 Å². The number of rotatable bonds is 7. The number of aliphatic imine (C=N–C) groups is 1. The number of nitrogens with zero attached hydrogens (tertiary/aromatic N) is 2. The van der Waals surface area contributed by atoms with Gasteiger partial charge in [-0.3, -0.25) is 4.99 Å². The fourth-order valence-electron chi connectivity index (χ4n) is 1.73. The van der Waals surface area contributed by atoms with Crippen LogP contribution < -0.4 is 10.6 Å². The van der Waals surface area contributed by atoms with Crippen LogP contribution >= 0.6 is 35.0 Å². The van der Waals surface area contributed by atoms with E-state index >= 15 is 0 Å². The number of hydrogen-bond donors (Lipinski definition) is 2. The molecule has 0 aliphatic rings. The topological polar surface area (TPSA) is 41.4 Å². The number of nitrogens with one attached hydrogen (secondary N) is 2. The maximum atomic E-state index is 6.04. The van der Waals surface area contributed by atoms with Crippen LogP contribution in [0.2, 0.25) is 10.2 Å². The average molecular weight is 337 g/mol. The van der Waals surface area contributed by atoms with Crippen LogP contribution in [0.4, 0.5) is 0 Å². The molecule has 1 heterocycles. The zero-order chi connectivity index (χ0) is 15.0. The summed E-state index contributed by atoms with van der Waals surface area (Å²) in [5.41, 5.74) is 1.02. The smallest absolute Gasteiger partial charge is 0.191 e. The minimum Gasteiger partial charge on any atom is -0.356 e. The maximum Gasteiger partial charge on any atom is 0.191 e. The molecule has 0 aliphatic heterocycles. The summed E-state index contributed by atoms with van der Waals surface area (Å²) >= 11 is 13.9. The molecule has 0 fully saturated rings. The Morgan fingerprint density at radius 3 is 2.65 bits per heavy atom. The summed E-state index contributed by atoms with van der Waals surface area (Å²) in [6, 6.07) is 1.86. The van der Waals surface area contributed by atoms with Gasteiger partial charge in [0.2, 0.25) is 0 Å². The second kappa shape index (κ2) is 9.42. The molecule has 0 unspecified atom stereocenters. The Hall–Kier alpha value is -0.520. The Bertz CT molecular complexity index is 446. The third-order valence-corrected chi connectivity index (χ3v) is 4.48. The van der Waals surface area contributed by atoms with Gasteiger partial charge in [0.25, 0.3) is 0 Å². The van der Waals surface area contributed by atoms with Crippen molar-refractivity contribution < 1.29 is 0 Å². The Balaban J connectivity index is 2.36. The zero-order valence-corrected chi connectivity index (χ0v) is 14.5. The number of aromatic nitrogens is 1. The van der Waals surface area contributed by atoms with Crippen LogP contribution in [0.25, 0.3) is 0 Å². The Morgan fingerprint density at radius 2 is 2.10 bits per heavy atom. The van der Waals surface area contributed by atoms with Crippen molar-refractivity contribution in [3.63, 3.8) is 0 Å². The third-order valence-electron chi connectivity index (χ3n) is 2.94. The first-order chi connectivity index (χ1) is 9.60. The number of guanidine groups is 1. The van der Waals surface area contributed by atoms with Crippen LogP contribution in [0.3, 0.4) is 0 Å². The standard InChI is InChI=1S/C13H22Cl2N4S/c1-16-13(17-6-4-5-7-20-3)18-9-10-8-11(14)12(15)19(10)2/h8H,4-7,9H2,1-3H3,(H2,16,17,18). The summed E-state index contributed by atoms with van der Waals surface area (Å²) in [6.07, 6.45) is 4.49. The minimum absolute atomic E-state index is 0.559. The van der Waals surface area contributed by atoms with E-state index in [1.807, 2.05) is 29.4 Å². The van der Waals surface area contributed by atoms with E-state index < -0.39 is 0 Å². The predicted octanol–water partition coefficient (Wildman–Crippen LogP) is 3.14. The Kier molecular flexibility index (Phi) is 8.26. The van der Waals surface area contributed by atoms with Gasteiger partial charge in [-0.15, -0.1) is 0 Å². The monoisotopic (exact) mass is 336 g/mol. The van der Waals surface area contributed by atoms with Gasteiger partial charge in [-0.25, -0.2) is 0 Å². The van der Waals surface area contributed by atoms with Crippen molar-refractivity contribution in [2.75, 3.05) is 25.6 Å². The van der Waals surface area contributed by atoms with Gasteiger partial charge in [0.05, 0.1) is 11.6 Å². The highest BCUT2D eigenvalue weighted by Crippen LogP contribution is 2.24. The molecule has 4 nitrogen and oxygen atoms in total. The van der Waals surface area contributed by atoms with E-state index in [1.165, 1.54) is 12.2 Å². The first-order valence-electron chi connectivity index (χ1n) is 6.53. The van der Waals surface area contributed by atoms with Crippen LogP contribution in [-0.4, -0.2) is 36.1 Å². The quantitative estimate of drug-likeness (QED) is 0.456. The third kappa shape index (κ3) is 5.46. The van der Waals surface area contributed by atoms with Gasteiger partial charge in [0.1, 0.15) is 5.15 Å². The van der Waals surface area contributed by atoms with Gasteiger partial charge in [-0.05, 0) is 30.9 Å². The number of thioether (sulfide) groups is 1. The van der Waals surface area contributed by atoms with Gasteiger partial charge in [0.15, 0.2) is 5.96 Å². The maximum absolute atomic E-state index is 6.04. The molecule has 114 valence electrons. The van der Waals surface area contributed by atoms with Crippen LogP contribution in [0.15, 0.2) is 11.1 Å². The Labute approximate surface area is 135 Å². The fourth-order valence-corrected chi connectivity index (χ4v) is 2.64. The molecule has 0 aromatic carbocycles. The summed E-state index contributed by atoms with van der Waals surface area (Å²) in [6.45, 7) is 1.56. The van der Waals surface area contributed by atoms with Gasteiger partial charge < -0.3 is 15.2 Å². The van der Waals surface area contributed by atoms with Crippen molar-refractivity contribution in [2.24, 2.45) is 12.0 Å². The first kappa shape index (κ1) is 17.5. The van der Waals surface area contributed by atoms with Crippen molar-refractivity contribution in [1.29, 1.82) is 0 Å². The lowest BCUT2D eigenvalue weighted by atomic mass is 10.3. The Morgan fingerprint density at radius 1 is 1.35 bits per heavy atom. The van der Waals surface area contributed by atoms with Crippen LogP contribution in [-0.2, 0) is 13.6 Å². The SMILES string of the molecule is CN=C(NCCCCSC)NCc1cc(Cl)c(Cl)n1C. The molecular weight excluding hydrogens is 315 g/mol. The van der Waals surface area contributed by atoms with Gasteiger partial charge in [0, 0.05) is 26.3 Å². The molecule has 20 heavy (non-hydrogen) atoms. The second-order valence-electron chi connectivity index (χ2n) is 4.39. The largest absolute Gasteiger partial charge is 0.356 e. The molecule has 2 N–H and O–H groups in total. The lowest BCUT2D eigenvalue weighted by Gasteiger charge is -2.12. The minimum atomic E-state index is 0.559. The van der Waals surface area contributed by atoms with Gasteiger partial charge in [-0.1, -0.05) is 23.2 Å². The molecule has 1 aromatic heterocycles. The lowest BCUT2D eigenvalue weighted by Crippen LogP contribution is -2.37. The summed E-state index contributed by atoms with van der Waals surface area (Å²) < 4.78 is 1.86. The predicted molar refractivity (Wildman–Crippen MR) is 91.3 cm³/mol. The van der Waals surface area contributed by atoms with Crippen LogP contribution in [0, 0.1) is 0 Å². The number of unbranched alkanes of at least 4 members (excludes halogenated alkanes) is 1. The summed E-state index contributed by atoms with van der Waals surface area (Å²) in [5, 5.41) is 7.68. The average Bonchev–Trinajstić information content (AvgIpc) is 2.69. The van der Waals surface area contributed by atoms with E-state index in [-0.39, 0.29) is 0 Å². The molecule has 0 radical (unpaired) electrons. The van der Waals surface area contributed by atoms with Crippen molar-refractivity contribution in [3.8, 4) is 0 Å². The van der Waals surface area contributed by atoms with Crippen molar-refractivity contribution in [3.05, 3.63) is 21.9 Å². The molecule has 0 bridgehead atoms. The highest BCUT2D eigenvalue weighted by atomic mass is 35.5. The normalized spacial score (nSPS) is 11.8. The van der Waals surface area contributed by atoms with Gasteiger partial charge in [-0.2, -0.15) is 11.8 Å². The molecule has 1 rings (SSSR count).